The Bertz CT molecular complexity index is 224. The average Bonchev–Trinajstić information content (AvgIpc) is 2.83. The van der Waals surface area contributed by atoms with E-state index in [0.29, 0.717) is 5.92 Å². The van der Waals surface area contributed by atoms with E-state index >= 15 is 0 Å². The zero-order valence-corrected chi connectivity index (χ0v) is 10.5. The predicted molar refractivity (Wildman–Crippen MR) is 64.4 cm³/mol. The maximum Gasteiger partial charge on any atom is 0.0822 e. The van der Waals surface area contributed by atoms with Gasteiger partial charge in [-0.05, 0) is 38.6 Å². The third-order valence-corrected chi connectivity index (χ3v) is 4.55. The van der Waals surface area contributed by atoms with Gasteiger partial charge in [0.25, 0.3) is 0 Å². The van der Waals surface area contributed by atoms with Gasteiger partial charge in [-0.1, -0.05) is 13.3 Å². The maximum atomic E-state index is 10.7. The summed E-state index contributed by atoms with van der Waals surface area (Å²) in [5, 5.41) is 14.2. The highest BCUT2D eigenvalue weighted by molar-refractivity contribution is 4.97. The van der Waals surface area contributed by atoms with Crippen LogP contribution in [0.25, 0.3) is 0 Å². The van der Waals surface area contributed by atoms with Crippen molar-refractivity contribution in [2.75, 3.05) is 19.8 Å². The molecule has 0 aromatic carbocycles. The lowest BCUT2D eigenvalue weighted by Gasteiger charge is -2.42. The van der Waals surface area contributed by atoms with Gasteiger partial charge >= 0.3 is 0 Å². The fourth-order valence-electron chi connectivity index (χ4n) is 3.09. The zero-order chi connectivity index (χ0) is 11.6. The van der Waals surface area contributed by atoms with E-state index in [2.05, 4.69) is 12.2 Å². The van der Waals surface area contributed by atoms with Crippen LogP contribution in [-0.2, 0) is 4.74 Å². The van der Waals surface area contributed by atoms with E-state index in [1.807, 2.05) is 6.92 Å². The molecule has 94 valence electrons. The standard InChI is InChI=1S/C13H25NO2/c1-3-10-4-6-14-12(8-10)13(2,15)11-5-7-16-9-11/h10-12,14-15H,3-9H2,1-2H3. The molecule has 0 aliphatic carbocycles. The lowest BCUT2D eigenvalue weighted by molar-refractivity contribution is -0.0499. The number of aliphatic hydroxyl groups is 1. The lowest BCUT2D eigenvalue weighted by Crippen LogP contribution is -2.56. The fourth-order valence-corrected chi connectivity index (χ4v) is 3.09. The van der Waals surface area contributed by atoms with E-state index in [4.69, 9.17) is 4.74 Å². The molecule has 2 saturated heterocycles. The van der Waals surface area contributed by atoms with Crippen LogP contribution in [0.1, 0.15) is 39.5 Å². The highest BCUT2D eigenvalue weighted by Gasteiger charge is 2.42. The Kier molecular flexibility index (Phi) is 3.88. The summed E-state index contributed by atoms with van der Waals surface area (Å²) in [6, 6.07) is 0.248. The van der Waals surface area contributed by atoms with Crippen molar-refractivity contribution < 1.29 is 9.84 Å². The highest BCUT2D eigenvalue weighted by atomic mass is 16.5. The molecule has 2 N–H and O–H groups in total. The summed E-state index contributed by atoms with van der Waals surface area (Å²) < 4.78 is 5.40. The summed E-state index contributed by atoms with van der Waals surface area (Å²) in [4.78, 5) is 0. The topological polar surface area (TPSA) is 41.5 Å². The van der Waals surface area contributed by atoms with Gasteiger partial charge in [-0.2, -0.15) is 0 Å². The second kappa shape index (κ2) is 5.03. The number of nitrogens with one attached hydrogen (secondary N) is 1. The largest absolute Gasteiger partial charge is 0.388 e. The first-order chi connectivity index (χ1) is 7.64. The van der Waals surface area contributed by atoms with Gasteiger partial charge < -0.3 is 15.2 Å². The molecule has 2 rings (SSSR count). The number of hydrogen-bond acceptors (Lipinski definition) is 3. The van der Waals surface area contributed by atoms with Crippen molar-refractivity contribution >= 4 is 0 Å². The smallest absolute Gasteiger partial charge is 0.0822 e. The first-order valence-corrected chi connectivity index (χ1v) is 6.68. The van der Waals surface area contributed by atoms with Crippen molar-refractivity contribution in [2.24, 2.45) is 11.8 Å². The Morgan fingerprint density at radius 1 is 1.44 bits per heavy atom. The van der Waals surface area contributed by atoms with Gasteiger partial charge in [0, 0.05) is 18.6 Å². The molecule has 3 nitrogen and oxygen atoms in total. The van der Waals surface area contributed by atoms with Crippen molar-refractivity contribution in [1.82, 2.24) is 5.32 Å². The Labute approximate surface area is 98.6 Å². The van der Waals surface area contributed by atoms with Gasteiger partial charge in [0.2, 0.25) is 0 Å². The lowest BCUT2D eigenvalue weighted by atomic mass is 9.76. The number of hydrogen-bond donors (Lipinski definition) is 2. The van der Waals surface area contributed by atoms with E-state index in [9.17, 15) is 5.11 Å². The first kappa shape index (κ1) is 12.3. The Morgan fingerprint density at radius 2 is 2.25 bits per heavy atom. The molecule has 2 aliphatic rings. The molecule has 2 heterocycles. The quantitative estimate of drug-likeness (QED) is 0.768. The normalized spacial score (nSPS) is 39.6. The van der Waals surface area contributed by atoms with Gasteiger partial charge in [-0.15, -0.1) is 0 Å². The first-order valence-electron chi connectivity index (χ1n) is 6.68. The Morgan fingerprint density at radius 3 is 2.88 bits per heavy atom. The van der Waals surface area contributed by atoms with Crippen molar-refractivity contribution in [3.05, 3.63) is 0 Å². The van der Waals surface area contributed by atoms with Crippen molar-refractivity contribution in [1.29, 1.82) is 0 Å². The summed E-state index contributed by atoms with van der Waals surface area (Å²) in [7, 11) is 0. The van der Waals surface area contributed by atoms with E-state index in [-0.39, 0.29) is 6.04 Å². The Balaban J connectivity index is 1.98. The number of ether oxygens (including phenoxy) is 1. The van der Waals surface area contributed by atoms with E-state index < -0.39 is 5.60 Å². The van der Waals surface area contributed by atoms with Crippen molar-refractivity contribution in [2.45, 2.75) is 51.2 Å². The van der Waals surface area contributed by atoms with Crippen molar-refractivity contribution in [3.63, 3.8) is 0 Å². The fraction of sp³-hybridized carbons (Fsp3) is 1.00. The van der Waals surface area contributed by atoms with Crippen LogP contribution in [0.3, 0.4) is 0 Å². The van der Waals surface area contributed by atoms with Gasteiger partial charge in [0.15, 0.2) is 0 Å². The molecule has 4 unspecified atom stereocenters. The van der Waals surface area contributed by atoms with Gasteiger partial charge in [-0.3, -0.25) is 0 Å². The van der Waals surface area contributed by atoms with Crippen molar-refractivity contribution in [3.8, 4) is 0 Å². The molecule has 3 heteroatoms. The van der Waals surface area contributed by atoms with Gasteiger partial charge in [0.05, 0.1) is 12.2 Å². The number of rotatable bonds is 3. The second-order valence-electron chi connectivity index (χ2n) is 5.59. The van der Waals surface area contributed by atoms with Crippen LogP contribution in [0.5, 0.6) is 0 Å². The maximum absolute atomic E-state index is 10.7. The molecule has 0 radical (unpaired) electrons. The minimum absolute atomic E-state index is 0.248. The average molecular weight is 227 g/mol. The summed E-state index contributed by atoms with van der Waals surface area (Å²) in [5.41, 5.74) is -0.607. The molecule has 0 spiro atoms. The van der Waals surface area contributed by atoms with Crippen LogP contribution in [0.15, 0.2) is 0 Å². The molecule has 0 bridgehead atoms. The van der Waals surface area contributed by atoms with Gasteiger partial charge in [0.1, 0.15) is 0 Å². The summed E-state index contributed by atoms with van der Waals surface area (Å²) in [6.45, 7) is 6.82. The summed E-state index contributed by atoms with van der Waals surface area (Å²) >= 11 is 0. The molecule has 0 saturated carbocycles. The summed E-state index contributed by atoms with van der Waals surface area (Å²) in [6.07, 6.45) is 4.60. The third kappa shape index (κ3) is 2.41. The summed E-state index contributed by atoms with van der Waals surface area (Å²) in [5.74, 6) is 1.08. The molecule has 16 heavy (non-hydrogen) atoms. The monoisotopic (exact) mass is 227 g/mol. The third-order valence-electron chi connectivity index (χ3n) is 4.55. The molecule has 4 atom stereocenters. The van der Waals surface area contributed by atoms with Crippen LogP contribution < -0.4 is 5.32 Å². The highest BCUT2D eigenvalue weighted by Crippen LogP contribution is 2.34. The van der Waals surface area contributed by atoms with E-state index in [0.717, 1.165) is 38.5 Å². The van der Waals surface area contributed by atoms with Gasteiger partial charge in [-0.25, -0.2) is 0 Å². The number of piperidine rings is 1. The molecular formula is C13H25NO2. The minimum Gasteiger partial charge on any atom is -0.388 e. The van der Waals surface area contributed by atoms with E-state index in [1.54, 1.807) is 0 Å². The van der Waals surface area contributed by atoms with E-state index in [1.165, 1.54) is 12.8 Å². The van der Waals surface area contributed by atoms with Crippen LogP contribution in [0.2, 0.25) is 0 Å². The molecule has 0 amide bonds. The molecule has 0 aromatic rings. The van der Waals surface area contributed by atoms with Crippen LogP contribution in [0.4, 0.5) is 0 Å². The SMILES string of the molecule is CCC1CCNC(C(C)(O)C2CCOC2)C1. The van der Waals surface area contributed by atoms with Crippen LogP contribution in [0, 0.1) is 11.8 Å². The Hall–Kier alpha value is -0.120. The van der Waals surface area contributed by atoms with Crippen LogP contribution in [-0.4, -0.2) is 36.5 Å². The minimum atomic E-state index is -0.607. The molecule has 2 aliphatic heterocycles. The molecular weight excluding hydrogens is 202 g/mol. The van der Waals surface area contributed by atoms with Crippen LogP contribution >= 0.6 is 0 Å². The molecule has 0 aromatic heterocycles. The zero-order valence-electron chi connectivity index (χ0n) is 10.5. The second-order valence-corrected chi connectivity index (χ2v) is 5.59. The predicted octanol–water partition coefficient (Wildman–Crippen LogP) is 1.55. The molecule has 2 fully saturated rings.